The first kappa shape index (κ1) is 19.3. The standard InChI is InChI=1S/C23H23NO4/c1-16-8-11-19(12-9-16)24-23(25)17-10-13-20(26-2)18(14-17)15-28-22-7-5-4-6-21(22)27-3/h4-14H,15H2,1-3H3,(H,24,25). The Labute approximate surface area is 164 Å². The van der Waals surface area contributed by atoms with Gasteiger partial charge < -0.3 is 19.5 Å². The van der Waals surface area contributed by atoms with Crippen molar-refractivity contribution < 1.29 is 19.0 Å². The van der Waals surface area contributed by atoms with E-state index < -0.39 is 0 Å². The fourth-order valence-corrected chi connectivity index (χ4v) is 2.77. The average Bonchev–Trinajstić information content (AvgIpc) is 2.73. The number of ether oxygens (including phenoxy) is 3. The van der Waals surface area contributed by atoms with Gasteiger partial charge in [0.1, 0.15) is 12.4 Å². The minimum Gasteiger partial charge on any atom is -0.496 e. The van der Waals surface area contributed by atoms with Crippen LogP contribution in [0.3, 0.4) is 0 Å². The quantitative estimate of drug-likeness (QED) is 0.640. The van der Waals surface area contributed by atoms with Crippen LogP contribution in [0.5, 0.6) is 17.2 Å². The van der Waals surface area contributed by atoms with Gasteiger partial charge in [0, 0.05) is 16.8 Å². The van der Waals surface area contributed by atoms with Crippen LogP contribution in [-0.4, -0.2) is 20.1 Å². The van der Waals surface area contributed by atoms with Gasteiger partial charge in [0.15, 0.2) is 11.5 Å². The van der Waals surface area contributed by atoms with Gasteiger partial charge in [-0.25, -0.2) is 0 Å². The number of amides is 1. The lowest BCUT2D eigenvalue weighted by Gasteiger charge is -2.14. The molecule has 3 aromatic rings. The molecule has 5 heteroatoms. The molecule has 5 nitrogen and oxygen atoms in total. The number of nitrogens with one attached hydrogen (secondary N) is 1. The first-order chi connectivity index (χ1) is 13.6. The molecule has 0 aliphatic carbocycles. The van der Waals surface area contributed by atoms with Crippen LogP contribution in [0.2, 0.25) is 0 Å². The Morgan fingerprint density at radius 2 is 1.54 bits per heavy atom. The molecule has 0 bridgehead atoms. The Hall–Kier alpha value is -3.47. The predicted octanol–water partition coefficient (Wildman–Crippen LogP) is 4.84. The van der Waals surface area contributed by atoms with Crippen molar-refractivity contribution in [1.29, 1.82) is 0 Å². The fraction of sp³-hybridized carbons (Fsp3) is 0.174. The number of methoxy groups -OCH3 is 2. The molecule has 0 aliphatic rings. The van der Waals surface area contributed by atoms with E-state index in [9.17, 15) is 4.79 Å². The van der Waals surface area contributed by atoms with Crippen LogP contribution in [0, 0.1) is 6.92 Å². The Balaban J connectivity index is 1.77. The van der Waals surface area contributed by atoms with Crippen molar-refractivity contribution >= 4 is 11.6 Å². The SMILES string of the molecule is COc1ccc(C(=O)Nc2ccc(C)cc2)cc1COc1ccccc1OC. The minimum atomic E-state index is -0.190. The summed E-state index contributed by atoms with van der Waals surface area (Å²) in [5.41, 5.74) is 3.18. The highest BCUT2D eigenvalue weighted by Gasteiger charge is 2.12. The van der Waals surface area contributed by atoms with Gasteiger partial charge in [0.2, 0.25) is 0 Å². The molecule has 0 aliphatic heterocycles. The normalized spacial score (nSPS) is 10.2. The lowest BCUT2D eigenvalue weighted by molar-refractivity contribution is 0.102. The summed E-state index contributed by atoms with van der Waals surface area (Å²) in [5, 5.41) is 2.90. The van der Waals surface area contributed by atoms with Crippen molar-refractivity contribution in [3.63, 3.8) is 0 Å². The van der Waals surface area contributed by atoms with Gasteiger partial charge in [0.25, 0.3) is 5.91 Å². The lowest BCUT2D eigenvalue weighted by atomic mass is 10.1. The summed E-state index contributed by atoms with van der Waals surface area (Å²) < 4.78 is 16.6. The zero-order chi connectivity index (χ0) is 19.9. The summed E-state index contributed by atoms with van der Waals surface area (Å²) in [6.07, 6.45) is 0. The summed E-state index contributed by atoms with van der Waals surface area (Å²) in [6.45, 7) is 2.25. The maximum Gasteiger partial charge on any atom is 0.255 e. The van der Waals surface area contributed by atoms with Crippen molar-refractivity contribution in [3.05, 3.63) is 83.4 Å². The fourth-order valence-electron chi connectivity index (χ4n) is 2.77. The molecule has 0 saturated heterocycles. The average molecular weight is 377 g/mol. The van der Waals surface area contributed by atoms with Gasteiger partial charge in [-0.3, -0.25) is 4.79 Å². The molecule has 3 rings (SSSR count). The molecule has 0 radical (unpaired) electrons. The van der Waals surface area contributed by atoms with Crippen LogP contribution in [0.15, 0.2) is 66.7 Å². The predicted molar refractivity (Wildman–Crippen MR) is 109 cm³/mol. The topological polar surface area (TPSA) is 56.8 Å². The number of rotatable bonds is 7. The molecule has 0 spiro atoms. The van der Waals surface area contributed by atoms with Crippen molar-refractivity contribution in [3.8, 4) is 17.2 Å². The Kier molecular flexibility index (Phi) is 6.17. The van der Waals surface area contributed by atoms with E-state index in [1.54, 1.807) is 32.4 Å². The van der Waals surface area contributed by atoms with Crippen LogP contribution < -0.4 is 19.5 Å². The number of para-hydroxylation sites is 2. The highest BCUT2D eigenvalue weighted by atomic mass is 16.5. The molecule has 0 unspecified atom stereocenters. The molecular formula is C23H23NO4. The number of hydrogen-bond acceptors (Lipinski definition) is 4. The van der Waals surface area contributed by atoms with Crippen LogP contribution in [0.25, 0.3) is 0 Å². The second-order valence-electron chi connectivity index (χ2n) is 6.29. The van der Waals surface area contributed by atoms with Gasteiger partial charge >= 0.3 is 0 Å². The third-order valence-corrected chi connectivity index (χ3v) is 4.30. The maximum absolute atomic E-state index is 12.6. The van der Waals surface area contributed by atoms with E-state index in [4.69, 9.17) is 14.2 Å². The number of anilines is 1. The smallest absolute Gasteiger partial charge is 0.255 e. The molecule has 144 valence electrons. The van der Waals surface area contributed by atoms with Crippen LogP contribution in [0.1, 0.15) is 21.5 Å². The third-order valence-electron chi connectivity index (χ3n) is 4.30. The Bertz CT molecular complexity index is 951. The van der Waals surface area contributed by atoms with Gasteiger partial charge in [-0.15, -0.1) is 0 Å². The molecule has 1 amide bonds. The minimum absolute atomic E-state index is 0.190. The first-order valence-corrected chi connectivity index (χ1v) is 8.91. The van der Waals surface area contributed by atoms with E-state index in [2.05, 4.69) is 5.32 Å². The van der Waals surface area contributed by atoms with Crippen molar-refractivity contribution in [2.75, 3.05) is 19.5 Å². The van der Waals surface area contributed by atoms with Crippen LogP contribution >= 0.6 is 0 Å². The second kappa shape index (κ2) is 8.95. The van der Waals surface area contributed by atoms with E-state index in [0.717, 1.165) is 16.8 Å². The molecule has 0 heterocycles. The molecule has 0 aromatic heterocycles. The number of carbonyl (C=O) groups is 1. The number of benzene rings is 3. The van der Waals surface area contributed by atoms with Crippen LogP contribution in [-0.2, 0) is 6.61 Å². The maximum atomic E-state index is 12.6. The number of hydrogen-bond donors (Lipinski definition) is 1. The summed E-state index contributed by atoms with van der Waals surface area (Å²) in [6, 6.07) is 20.4. The molecule has 0 saturated carbocycles. The van der Waals surface area contributed by atoms with Gasteiger partial charge in [-0.1, -0.05) is 29.8 Å². The molecular weight excluding hydrogens is 354 g/mol. The van der Waals surface area contributed by atoms with E-state index >= 15 is 0 Å². The van der Waals surface area contributed by atoms with E-state index in [1.807, 2.05) is 55.5 Å². The zero-order valence-corrected chi connectivity index (χ0v) is 16.2. The Morgan fingerprint density at radius 3 is 2.21 bits per heavy atom. The van der Waals surface area contributed by atoms with E-state index in [1.165, 1.54) is 0 Å². The van der Waals surface area contributed by atoms with Gasteiger partial charge in [0.05, 0.1) is 14.2 Å². The van der Waals surface area contributed by atoms with Crippen LogP contribution in [0.4, 0.5) is 5.69 Å². The third kappa shape index (κ3) is 4.62. The largest absolute Gasteiger partial charge is 0.496 e. The van der Waals surface area contributed by atoms with Crippen molar-refractivity contribution in [1.82, 2.24) is 0 Å². The van der Waals surface area contributed by atoms with Crippen molar-refractivity contribution in [2.24, 2.45) is 0 Å². The first-order valence-electron chi connectivity index (χ1n) is 8.91. The zero-order valence-electron chi connectivity index (χ0n) is 16.2. The Morgan fingerprint density at radius 1 is 0.857 bits per heavy atom. The molecule has 3 aromatic carbocycles. The molecule has 1 N–H and O–H groups in total. The highest BCUT2D eigenvalue weighted by Crippen LogP contribution is 2.28. The van der Waals surface area contributed by atoms with Gasteiger partial charge in [-0.2, -0.15) is 0 Å². The second-order valence-corrected chi connectivity index (χ2v) is 6.29. The summed E-state index contributed by atoms with van der Waals surface area (Å²) in [7, 11) is 3.19. The summed E-state index contributed by atoms with van der Waals surface area (Å²) in [4.78, 5) is 12.6. The van der Waals surface area contributed by atoms with E-state index in [-0.39, 0.29) is 12.5 Å². The monoisotopic (exact) mass is 377 g/mol. The highest BCUT2D eigenvalue weighted by molar-refractivity contribution is 6.04. The summed E-state index contributed by atoms with van der Waals surface area (Å²) >= 11 is 0. The van der Waals surface area contributed by atoms with Gasteiger partial charge in [-0.05, 0) is 49.4 Å². The number of aryl methyl sites for hydroxylation is 1. The number of carbonyl (C=O) groups excluding carboxylic acids is 1. The van der Waals surface area contributed by atoms with Crippen molar-refractivity contribution in [2.45, 2.75) is 13.5 Å². The van der Waals surface area contributed by atoms with E-state index in [0.29, 0.717) is 22.8 Å². The molecule has 28 heavy (non-hydrogen) atoms. The lowest BCUT2D eigenvalue weighted by Crippen LogP contribution is -2.13. The molecule has 0 fully saturated rings. The molecule has 0 atom stereocenters. The summed E-state index contributed by atoms with van der Waals surface area (Å²) in [5.74, 6) is 1.74.